The highest BCUT2D eigenvalue weighted by atomic mass is 32.2. The van der Waals surface area contributed by atoms with Crippen LogP contribution in [0.4, 0.5) is 5.13 Å². The monoisotopic (exact) mass is 332 g/mol. The van der Waals surface area contributed by atoms with E-state index in [1.807, 2.05) is 0 Å². The van der Waals surface area contributed by atoms with Gasteiger partial charge < -0.3 is 4.90 Å². The number of nitrogens with zero attached hydrogens (tertiary/aromatic N) is 3. The first kappa shape index (κ1) is 16.6. The van der Waals surface area contributed by atoms with Crippen LogP contribution in [-0.4, -0.2) is 43.2 Å². The van der Waals surface area contributed by atoms with Gasteiger partial charge in [0.2, 0.25) is 15.2 Å². The van der Waals surface area contributed by atoms with Crippen molar-refractivity contribution in [3.8, 4) is 0 Å². The van der Waals surface area contributed by atoms with Crippen LogP contribution in [0.25, 0.3) is 0 Å². The second-order valence-corrected chi connectivity index (χ2v) is 8.45. The summed E-state index contributed by atoms with van der Waals surface area (Å²) in [5.74, 6) is 1.23. The molecule has 0 aromatic carbocycles. The average Bonchev–Trinajstić information content (AvgIpc) is 2.87. The molecule has 6 nitrogen and oxygen atoms in total. The van der Waals surface area contributed by atoms with Crippen molar-refractivity contribution in [3.63, 3.8) is 0 Å². The third-order valence-corrected chi connectivity index (χ3v) is 5.16. The Morgan fingerprint density at radius 2 is 2.19 bits per heavy atom. The predicted octanol–water partition coefficient (Wildman–Crippen LogP) is 1.96. The molecule has 1 aliphatic heterocycles. The molecule has 0 saturated carbocycles. The van der Waals surface area contributed by atoms with E-state index in [9.17, 15) is 8.42 Å². The summed E-state index contributed by atoms with van der Waals surface area (Å²) in [4.78, 5) is 6.94. The van der Waals surface area contributed by atoms with Gasteiger partial charge in [0.15, 0.2) is 0 Å². The lowest BCUT2D eigenvalue weighted by atomic mass is 10.0. The highest BCUT2D eigenvalue weighted by Crippen LogP contribution is 2.29. The summed E-state index contributed by atoms with van der Waals surface area (Å²) in [5, 5.41) is 0.975. The Kier molecular flexibility index (Phi) is 5.56. The molecule has 1 aromatic rings. The van der Waals surface area contributed by atoms with Crippen molar-refractivity contribution < 1.29 is 8.42 Å². The van der Waals surface area contributed by atoms with Crippen molar-refractivity contribution in [1.29, 1.82) is 0 Å². The first-order chi connectivity index (χ1) is 9.87. The molecular formula is C13H24N4O2S2. The van der Waals surface area contributed by atoms with Crippen LogP contribution in [0.1, 0.15) is 51.3 Å². The van der Waals surface area contributed by atoms with E-state index in [1.54, 1.807) is 0 Å². The number of nitrogens with one attached hydrogen (secondary N) is 1. The van der Waals surface area contributed by atoms with Gasteiger partial charge in [0, 0.05) is 36.6 Å². The summed E-state index contributed by atoms with van der Waals surface area (Å²) in [7, 11) is -3.11. The first-order valence-corrected chi connectivity index (χ1v) is 10.1. The van der Waals surface area contributed by atoms with E-state index < -0.39 is 10.0 Å². The van der Waals surface area contributed by atoms with Crippen molar-refractivity contribution >= 4 is 26.7 Å². The third kappa shape index (κ3) is 4.89. The Labute approximate surface area is 131 Å². The minimum Gasteiger partial charge on any atom is -0.344 e. The summed E-state index contributed by atoms with van der Waals surface area (Å²) < 4.78 is 29.3. The van der Waals surface area contributed by atoms with Gasteiger partial charge in [-0.25, -0.2) is 18.1 Å². The third-order valence-electron chi connectivity index (χ3n) is 3.66. The Morgan fingerprint density at radius 3 is 2.81 bits per heavy atom. The summed E-state index contributed by atoms with van der Waals surface area (Å²) in [6.07, 6.45) is 5.44. The highest BCUT2D eigenvalue weighted by Gasteiger charge is 2.25. The molecule has 1 fully saturated rings. The lowest BCUT2D eigenvalue weighted by Crippen LogP contribution is -2.41. The van der Waals surface area contributed by atoms with Crippen LogP contribution in [0.5, 0.6) is 0 Å². The molecule has 0 aliphatic carbocycles. The standard InChI is InChI=1S/C13H24N4O2S2/c1-10(2)12-15-13(20-16-12)17-9-5-4-6-11(17)7-8-14-21(3,18)19/h10-11,14H,4-9H2,1-3H3. The molecule has 0 bridgehead atoms. The largest absolute Gasteiger partial charge is 0.344 e. The second-order valence-electron chi connectivity index (χ2n) is 5.89. The number of anilines is 1. The fourth-order valence-corrected chi connectivity index (χ4v) is 3.94. The van der Waals surface area contributed by atoms with Gasteiger partial charge in [0.1, 0.15) is 5.82 Å². The zero-order valence-electron chi connectivity index (χ0n) is 12.9. The van der Waals surface area contributed by atoms with Crippen molar-refractivity contribution in [2.75, 3.05) is 24.2 Å². The summed E-state index contributed by atoms with van der Waals surface area (Å²) in [5.41, 5.74) is 0. The van der Waals surface area contributed by atoms with Crippen LogP contribution < -0.4 is 9.62 Å². The number of sulfonamides is 1. The van der Waals surface area contributed by atoms with E-state index >= 15 is 0 Å². The molecule has 21 heavy (non-hydrogen) atoms. The summed E-state index contributed by atoms with van der Waals surface area (Å²) >= 11 is 1.45. The first-order valence-electron chi connectivity index (χ1n) is 7.41. The molecular weight excluding hydrogens is 308 g/mol. The normalized spacial score (nSPS) is 20.2. The Balaban J connectivity index is 2.00. The van der Waals surface area contributed by atoms with Gasteiger partial charge in [-0.1, -0.05) is 13.8 Å². The molecule has 1 saturated heterocycles. The van der Waals surface area contributed by atoms with Crippen molar-refractivity contribution in [2.24, 2.45) is 0 Å². The van der Waals surface area contributed by atoms with E-state index in [4.69, 9.17) is 0 Å². The molecule has 120 valence electrons. The molecule has 0 spiro atoms. The van der Waals surface area contributed by atoms with Crippen LogP contribution in [0.3, 0.4) is 0 Å². The van der Waals surface area contributed by atoms with E-state index in [0.29, 0.717) is 18.5 Å². The molecule has 8 heteroatoms. The van der Waals surface area contributed by atoms with Gasteiger partial charge in [-0.05, 0) is 25.7 Å². The fraction of sp³-hybridized carbons (Fsp3) is 0.846. The maximum atomic E-state index is 11.2. The van der Waals surface area contributed by atoms with Gasteiger partial charge in [-0.3, -0.25) is 0 Å². The van der Waals surface area contributed by atoms with Crippen molar-refractivity contribution in [2.45, 2.75) is 51.5 Å². The molecule has 0 radical (unpaired) electrons. The Morgan fingerprint density at radius 1 is 1.43 bits per heavy atom. The molecule has 1 atom stereocenters. The minimum absolute atomic E-state index is 0.338. The zero-order chi connectivity index (χ0) is 15.5. The smallest absolute Gasteiger partial charge is 0.208 e. The Bertz CT molecular complexity index is 556. The second kappa shape index (κ2) is 7.02. The van der Waals surface area contributed by atoms with E-state index in [0.717, 1.165) is 36.8 Å². The van der Waals surface area contributed by atoms with E-state index in [2.05, 4.69) is 32.8 Å². The molecule has 0 amide bonds. The zero-order valence-corrected chi connectivity index (χ0v) is 14.5. The number of hydrogen-bond acceptors (Lipinski definition) is 6. The van der Waals surface area contributed by atoms with E-state index in [1.165, 1.54) is 24.2 Å². The lowest BCUT2D eigenvalue weighted by molar-refractivity contribution is 0.436. The predicted molar refractivity (Wildman–Crippen MR) is 86.4 cm³/mol. The maximum absolute atomic E-state index is 11.2. The van der Waals surface area contributed by atoms with Gasteiger partial charge in [-0.15, -0.1) is 0 Å². The number of aromatic nitrogens is 2. The van der Waals surface area contributed by atoms with Gasteiger partial charge in [0.05, 0.1) is 6.26 Å². The topological polar surface area (TPSA) is 75.2 Å². The van der Waals surface area contributed by atoms with Crippen LogP contribution >= 0.6 is 11.5 Å². The number of rotatable bonds is 6. The molecule has 2 heterocycles. The van der Waals surface area contributed by atoms with Crippen LogP contribution in [-0.2, 0) is 10.0 Å². The molecule has 1 N–H and O–H groups in total. The van der Waals surface area contributed by atoms with Crippen molar-refractivity contribution in [1.82, 2.24) is 14.1 Å². The van der Waals surface area contributed by atoms with Crippen LogP contribution in [0.15, 0.2) is 0 Å². The Hall–Kier alpha value is -0.730. The van der Waals surface area contributed by atoms with Gasteiger partial charge >= 0.3 is 0 Å². The molecule has 1 unspecified atom stereocenters. The quantitative estimate of drug-likeness (QED) is 0.862. The number of hydrogen-bond donors (Lipinski definition) is 1. The lowest BCUT2D eigenvalue weighted by Gasteiger charge is -2.35. The minimum atomic E-state index is -3.11. The van der Waals surface area contributed by atoms with E-state index in [-0.39, 0.29) is 0 Å². The highest BCUT2D eigenvalue weighted by molar-refractivity contribution is 7.88. The van der Waals surface area contributed by atoms with Crippen molar-refractivity contribution in [3.05, 3.63) is 5.82 Å². The maximum Gasteiger partial charge on any atom is 0.208 e. The summed E-state index contributed by atoms with van der Waals surface area (Å²) in [6.45, 7) is 5.65. The van der Waals surface area contributed by atoms with Gasteiger partial charge in [0.25, 0.3) is 0 Å². The average molecular weight is 332 g/mol. The molecule has 1 aromatic heterocycles. The van der Waals surface area contributed by atoms with Gasteiger partial charge in [-0.2, -0.15) is 4.37 Å². The molecule has 2 rings (SSSR count). The van der Waals surface area contributed by atoms with Crippen LogP contribution in [0, 0.1) is 0 Å². The summed E-state index contributed by atoms with van der Waals surface area (Å²) in [6, 6.07) is 0.348. The SMILES string of the molecule is CC(C)c1nsc(N2CCCCC2CCNS(C)(=O)=O)n1. The fourth-order valence-electron chi connectivity index (χ4n) is 2.54. The number of piperidine rings is 1. The molecule has 1 aliphatic rings. The van der Waals surface area contributed by atoms with Crippen LogP contribution in [0.2, 0.25) is 0 Å².